The van der Waals surface area contributed by atoms with E-state index in [0.29, 0.717) is 37.6 Å². The van der Waals surface area contributed by atoms with Gasteiger partial charge in [0.2, 0.25) is 0 Å². The number of morpholine rings is 1. The van der Waals surface area contributed by atoms with Gasteiger partial charge < -0.3 is 14.8 Å². The zero-order chi connectivity index (χ0) is 11.4. The summed E-state index contributed by atoms with van der Waals surface area (Å²) in [6, 6.07) is 4.76. The van der Waals surface area contributed by atoms with E-state index in [2.05, 4.69) is 5.16 Å². The van der Waals surface area contributed by atoms with Gasteiger partial charge in [0.05, 0.1) is 25.1 Å². The Morgan fingerprint density at radius 1 is 1.38 bits per heavy atom. The molecule has 0 aromatic heterocycles. The van der Waals surface area contributed by atoms with Crippen LogP contribution in [0.2, 0.25) is 0 Å². The molecule has 4 nitrogen and oxygen atoms in total. The van der Waals surface area contributed by atoms with Crippen LogP contribution in [-0.2, 0) is 4.74 Å². The molecule has 1 N–H and O–H groups in total. The number of oxime groups is 1. The van der Waals surface area contributed by atoms with Crippen LogP contribution < -0.4 is 4.90 Å². The molecule has 1 heterocycles. The lowest BCUT2D eigenvalue weighted by atomic mass is 10.2. The van der Waals surface area contributed by atoms with E-state index in [9.17, 15) is 4.39 Å². The minimum atomic E-state index is -0.306. The molecular weight excluding hydrogens is 211 g/mol. The molecule has 0 unspecified atom stereocenters. The normalized spacial score (nSPS) is 16.9. The van der Waals surface area contributed by atoms with Crippen LogP contribution in [0.25, 0.3) is 0 Å². The number of hydrogen-bond donors (Lipinski definition) is 1. The van der Waals surface area contributed by atoms with E-state index in [4.69, 9.17) is 9.94 Å². The molecule has 0 aliphatic carbocycles. The van der Waals surface area contributed by atoms with E-state index in [1.165, 1.54) is 12.3 Å². The quantitative estimate of drug-likeness (QED) is 0.470. The molecule has 0 radical (unpaired) electrons. The van der Waals surface area contributed by atoms with Gasteiger partial charge in [-0.3, -0.25) is 0 Å². The van der Waals surface area contributed by atoms with Gasteiger partial charge in [0.25, 0.3) is 0 Å². The predicted octanol–water partition coefficient (Wildman–Crippen LogP) is 1.47. The number of rotatable bonds is 2. The Balaban J connectivity index is 2.21. The molecule has 0 bridgehead atoms. The molecule has 0 spiro atoms. The summed E-state index contributed by atoms with van der Waals surface area (Å²) in [6.45, 7) is 2.65. The largest absolute Gasteiger partial charge is 0.411 e. The first-order valence-electron chi connectivity index (χ1n) is 5.11. The number of halogens is 1. The maximum Gasteiger partial charge on any atom is 0.147 e. The molecule has 1 aromatic rings. The van der Waals surface area contributed by atoms with Crippen molar-refractivity contribution in [2.24, 2.45) is 5.16 Å². The number of benzene rings is 1. The summed E-state index contributed by atoms with van der Waals surface area (Å²) in [7, 11) is 0. The van der Waals surface area contributed by atoms with E-state index in [0.717, 1.165) is 0 Å². The van der Waals surface area contributed by atoms with Crippen LogP contribution in [0.1, 0.15) is 5.56 Å². The van der Waals surface area contributed by atoms with Crippen molar-refractivity contribution in [3.8, 4) is 0 Å². The molecule has 5 heteroatoms. The van der Waals surface area contributed by atoms with Crippen molar-refractivity contribution in [3.63, 3.8) is 0 Å². The van der Waals surface area contributed by atoms with Crippen LogP contribution in [-0.4, -0.2) is 37.7 Å². The van der Waals surface area contributed by atoms with Gasteiger partial charge in [-0.1, -0.05) is 11.2 Å². The zero-order valence-electron chi connectivity index (χ0n) is 8.77. The van der Waals surface area contributed by atoms with E-state index in [1.54, 1.807) is 12.1 Å². The van der Waals surface area contributed by atoms with Crippen LogP contribution in [0.15, 0.2) is 23.4 Å². The number of ether oxygens (including phenoxy) is 1. The molecule has 0 saturated carbocycles. The van der Waals surface area contributed by atoms with Gasteiger partial charge in [0, 0.05) is 13.1 Å². The lowest BCUT2D eigenvalue weighted by Gasteiger charge is -2.29. The summed E-state index contributed by atoms with van der Waals surface area (Å²) in [5, 5.41) is 11.2. The van der Waals surface area contributed by atoms with Crippen molar-refractivity contribution in [2.45, 2.75) is 0 Å². The molecule has 1 aliphatic rings. The van der Waals surface area contributed by atoms with Crippen LogP contribution in [0.4, 0.5) is 10.1 Å². The molecule has 1 aliphatic heterocycles. The van der Waals surface area contributed by atoms with Gasteiger partial charge in [0.1, 0.15) is 5.82 Å². The summed E-state index contributed by atoms with van der Waals surface area (Å²) in [5.41, 5.74) is 1.11. The SMILES string of the molecule is O/N=C\c1ccc(N2CCOCC2)c(F)c1. The lowest BCUT2D eigenvalue weighted by Crippen LogP contribution is -2.36. The number of hydrogen-bond acceptors (Lipinski definition) is 4. The van der Waals surface area contributed by atoms with Crippen LogP contribution in [0, 0.1) is 5.82 Å². The predicted molar refractivity (Wildman–Crippen MR) is 58.8 cm³/mol. The Kier molecular flexibility index (Phi) is 3.36. The third-order valence-electron chi connectivity index (χ3n) is 2.53. The summed E-state index contributed by atoms with van der Waals surface area (Å²) < 4.78 is 18.9. The van der Waals surface area contributed by atoms with Gasteiger partial charge in [0.15, 0.2) is 0 Å². The zero-order valence-corrected chi connectivity index (χ0v) is 8.77. The van der Waals surface area contributed by atoms with Gasteiger partial charge in [-0.05, 0) is 17.7 Å². The highest BCUT2D eigenvalue weighted by Gasteiger charge is 2.14. The Hall–Kier alpha value is -1.62. The fraction of sp³-hybridized carbons (Fsp3) is 0.364. The van der Waals surface area contributed by atoms with E-state index in [-0.39, 0.29) is 5.82 Å². The van der Waals surface area contributed by atoms with Crippen LogP contribution in [0.5, 0.6) is 0 Å². The molecule has 1 fully saturated rings. The summed E-state index contributed by atoms with van der Waals surface area (Å²) in [6.07, 6.45) is 1.20. The second-order valence-corrected chi connectivity index (χ2v) is 3.55. The highest BCUT2D eigenvalue weighted by molar-refractivity contribution is 5.80. The fourth-order valence-corrected chi connectivity index (χ4v) is 1.73. The van der Waals surface area contributed by atoms with Crippen molar-refractivity contribution < 1.29 is 14.3 Å². The Labute approximate surface area is 92.9 Å². The smallest absolute Gasteiger partial charge is 0.147 e. The van der Waals surface area contributed by atoms with Crippen molar-refractivity contribution >= 4 is 11.9 Å². The first kappa shape index (κ1) is 10.9. The maximum atomic E-state index is 13.7. The third kappa shape index (κ3) is 2.30. The number of nitrogens with zero attached hydrogens (tertiary/aromatic N) is 2. The van der Waals surface area contributed by atoms with E-state index < -0.39 is 0 Å². The highest BCUT2D eigenvalue weighted by atomic mass is 19.1. The number of anilines is 1. The van der Waals surface area contributed by atoms with Crippen LogP contribution in [0.3, 0.4) is 0 Å². The second kappa shape index (κ2) is 4.94. The molecule has 2 rings (SSSR count). The summed E-state index contributed by atoms with van der Waals surface area (Å²) in [4.78, 5) is 1.94. The van der Waals surface area contributed by atoms with Crippen molar-refractivity contribution in [1.82, 2.24) is 0 Å². The minimum absolute atomic E-state index is 0.306. The molecular formula is C11H13FN2O2. The molecule has 1 aromatic carbocycles. The third-order valence-corrected chi connectivity index (χ3v) is 2.53. The van der Waals surface area contributed by atoms with Gasteiger partial charge >= 0.3 is 0 Å². The Morgan fingerprint density at radius 3 is 2.75 bits per heavy atom. The lowest BCUT2D eigenvalue weighted by molar-refractivity contribution is 0.122. The maximum absolute atomic E-state index is 13.7. The minimum Gasteiger partial charge on any atom is -0.411 e. The summed E-state index contributed by atoms with van der Waals surface area (Å²) >= 11 is 0. The first-order chi connectivity index (χ1) is 7.81. The van der Waals surface area contributed by atoms with Crippen molar-refractivity contribution in [3.05, 3.63) is 29.6 Å². The molecule has 0 amide bonds. The second-order valence-electron chi connectivity index (χ2n) is 3.55. The summed E-state index contributed by atoms with van der Waals surface area (Å²) in [5.74, 6) is -0.306. The van der Waals surface area contributed by atoms with E-state index in [1.807, 2.05) is 4.90 Å². The fourth-order valence-electron chi connectivity index (χ4n) is 1.73. The Morgan fingerprint density at radius 2 is 2.12 bits per heavy atom. The molecule has 16 heavy (non-hydrogen) atoms. The highest BCUT2D eigenvalue weighted by Crippen LogP contribution is 2.20. The van der Waals surface area contributed by atoms with Gasteiger partial charge in [-0.25, -0.2) is 4.39 Å². The topological polar surface area (TPSA) is 45.1 Å². The monoisotopic (exact) mass is 224 g/mol. The standard InChI is InChI=1S/C11H13FN2O2/c12-10-7-9(8-13-15)1-2-11(10)14-3-5-16-6-4-14/h1-2,7-8,15H,3-6H2/b13-8-. The van der Waals surface area contributed by atoms with E-state index >= 15 is 0 Å². The Bertz CT molecular complexity index is 390. The molecule has 1 saturated heterocycles. The van der Waals surface area contributed by atoms with Crippen LogP contribution >= 0.6 is 0 Å². The van der Waals surface area contributed by atoms with Gasteiger partial charge in [-0.15, -0.1) is 0 Å². The average molecular weight is 224 g/mol. The van der Waals surface area contributed by atoms with Crippen molar-refractivity contribution in [1.29, 1.82) is 0 Å². The molecule has 0 atom stereocenters. The average Bonchev–Trinajstić information content (AvgIpc) is 2.31. The van der Waals surface area contributed by atoms with Crippen molar-refractivity contribution in [2.75, 3.05) is 31.2 Å². The van der Waals surface area contributed by atoms with Gasteiger partial charge in [-0.2, -0.15) is 0 Å². The first-order valence-corrected chi connectivity index (χ1v) is 5.11. The molecule has 86 valence electrons.